The van der Waals surface area contributed by atoms with Crippen LogP contribution in [0.25, 0.3) is 0 Å². The van der Waals surface area contributed by atoms with E-state index in [1.165, 1.54) is 70.6 Å². The number of hydrogen-bond acceptors (Lipinski definition) is 12. The molecular weight excluding hydrogens is 869 g/mol. The maximum Gasteiger partial charge on any atom is 0.308 e. The van der Waals surface area contributed by atoms with E-state index in [1.807, 2.05) is 21.6 Å². The molecule has 0 radical (unpaired) electrons. The third-order valence-electron chi connectivity index (χ3n) is 11.6. The Morgan fingerprint density at radius 3 is 1.56 bits per heavy atom. The largest absolute Gasteiger partial charge is 0.481 e. The summed E-state index contributed by atoms with van der Waals surface area (Å²) in [5.41, 5.74) is 0. The molecule has 1 spiro atoms. The van der Waals surface area contributed by atoms with Crippen molar-refractivity contribution in [3.8, 4) is 0 Å². The lowest BCUT2D eigenvalue weighted by molar-refractivity contribution is -0.145. The van der Waals surface area contributed by atoms with Gasteiger partial charge in [0.15, 0.2) is 2.74 Å². The third kappa shape index (κ3) is 24.0. The van der Waals surface area contributed by atoms with Gasteiger partial charge in [-0.2, -0.15) is 0 Å². The van der Waals surface area contributed by atoms with Gasteiger partial charge in [0.2, 0.25) is 11.8 Å². The Hall–Kier alpha value is -0.880. The first kappa shape index (κ1) is 52.5. The number of unbranched alkanes of at least 4 members (excludes halogenated alkanes) is 16. The molecule has 0 aromatic rings. The Bertz CT molecular complexity index is 1280. The van der Waals surface area contributed by atoms with Gasteiger partial charge < -0.3 is 26.0 Å². The van der Waals surface area contributed by atoms with Gasteiger partial charge in [-0.05, 0) is 85.3 Å². The number of amides is 2. The molecule has 3 fully saturated rings. The maximum atomic E-state index is 13.1. The Morgan fingerprint density at radius 2 is 1.07 bits per heavy atom. The lowest BCUT2D eigenvalue weighted by atomic mass is 9.78. The average Bonchev–Trinajstić information content (AvgIpc) is 3.97. The molecule has 340 valence electrons. The van der Waals surface area contributed by atoms with Crippen LogP contribution in [-0.2, 0) is 28.8 Å². The number of hydrogen-bond donors (Lipinski definition) is 5. The Balaban J connectivity index is 0.0000124. The molecule has 2 aliphatic heterocycles. The van der Waals surface area contributed by atoms with Crippen molar-refractivity contribution < 1.29 is 45.5 Å². The zero-order valence-corrected chi connectivity index (χ0v) is 39.7. The molecule has 3 rings (SSSR count). The SMILES string of the molecule is O=C(O)CCCCCCCCCCCCCCCCCCC(=O)NCC1CCC(C(=O)C[C@@H](CCC(=O)NCCCC[C@@H](C(=O)O)C2SSC3(SS2)SS3)C(=O)O)CC1.[HH]. The van der Waals surface area contributed by atoms with Gasteiger partial charge in [0.1, 0.15) is 5.78 Å². The van der Waals surface area contributed by atoms with E-state index in [4.69, 9.17) is 5.11 Å². The topological polar surface area (TPSA) is 187 Å². The van der Waals surface area contributed by atoms with E-state index in [9.17, 15) is 39.0 Å². The summed E-state index contributed by atoms with van der Waals surface area (Å²) in [6.07, 6.45) is 24.7. The Labute approximate surface area is 378 Å². The number of carbonyl (C=O) groups is 6. The van der Waals surface area contributed by atoms with Crippen molar-refractivity contribution in [2.45, 2.75) is 187 Å². The Kier molecular flexibility index (Phi) is 27.6. The van der Waals surface area contributed by atoms with Gasteiger partial charge >= 0.3 is 17.9 Å². The molecule has 2 amide bonds. The second kappa shape index (κ2) is 31.0. The highest BCUT2D eigenvalue weighted by atomic mass is 33.2. The van der Waals surface area contributed by atoms with Crippen LogP contribution in [0.4, 0.5) is 0 Å². The number of ketones is 1. The standard InChI is InChI=1S/C42H70N2O9S6.H2/c45-35(29-33(39(50)51)26-27-37(47)43-28-18-17-19-34(40(52)53)41-54-56-42(57-55-41)58-59-42)32-24-22-31(23-25-32)30-44-36(46)20-15-13-11-9-7-5-3-1-2-4-6-8-10-12-14-16-21-38(48)49;/h31-34,41H,1-30H2,(H,43,47)(H,44,46)(H,48,49)(H,50,51)(H,52,53);1H/t31?,32?,33-,34+;/m1./s1. The molecule has 0 aromatic carbocycles. The van der Waals surface area contributed by atoms with Gasteiger partial charge in [-0.3, -0.25) is 28.8 Å². The summed E-state index contributed by atoms with van der Waals surface area (Å²) in [6.45, 7) is 1.03. The normalized spacial score (nSPS) is 19.8. The molecular formula is C42H72N2O9S6. The minimum atomic E-state index is -1.06. The molecule has 0 unspecified atom stereocenters. The molecule has 59 heavy (non-hydrogen) atoms. The van der Waals surface area contributed by atoms with Crippen LogP contribution >= 0.6 is 64.8 Å². The molecule has 11 nitrogen and oxygen atoms in total. The second-order valence-electron chi connectivity index (χ2n) is 16.5. The van der Waals surface area contributed by atoms with Gasteiger partial charge in [-0.15, -0.1) is 0 Å². The first-order chi connectivity index (χ1) is 28.5. The summed E-state index contributed by atoms with van der Waals surface area (Å²) in [4.78, 5) is 72.4. The van der Waals surface area contributed by atoms with Crippen molar-refractivity contribution in [2.75, 3.05) is 13.1 Å². The van der Waals surface area contributed by atoms with Gasteiger partial charge in [0.05, 0.1) is 16.4 Å². The number of aliphatic carboxylic acids is 3. The molecule has 3 aliphatic rings. The smallest absolute Gasteiger partial charge is 0.308 e. The van der Waals surface area contributed by atoms with E-state index in [-0.39, 0.29) is 51.5 Å². The number of nitrogens with one attached hydrogen (secondary N) is 2. The zero-order chi connectivity index (χ0) is 42.7. The number of carbonyl (C=O) groups excluding carboxylic acids is 3. The van der Waals surface area contributed by atoms with Crippen LogP contribution in [0.5, 0.6) is 0 Å². The highest BCUT2D eigenvalue weighted by molar-refractivity contribution is 9.14. The first-order valence-electron chi connectivity index (χ1n) is 22.3. The molecule has 2 atom stereocenters. The van der Waals surface area contributed by atoms with Crippen LogP contribution in [-0.4, -0.2) is 71.2 Å². The van der Waals surface area contributed by atoms with E-state index in [2.05, 4.69) is 10.6 Å². The van der Waals surface area contributed by atoms with E-state index >= 15 is 0 Å². The average molecular weight is 941 g/mol. The van der Waals surface area contributed by atoms with E-state index in [1.54, 1.807) is 43.2 Å². The molecule has 0 bridgehead atoms. The quantitative estimate of drug-likeness (QED) is 0.0229. The predicted octanol–water partition coefficient (Wildman–Crippen LogP) is 11.8. The van der Waals surface area contributed by atoms with Gasteiger partial charge in [-0.25, -0.2) is 0 Å². The van der Waals surface area contributed by atoms with Crippen LogP contribution in [0.3, 0.4) is 0 Å². The molecule has 1 saturated carbocycles. The highest BCUT2D eigenvalue weighted by Crippen LogP contribution is 2.84. The highest BCUT2D eigenvalue weighted by Gasteiger charge is 2.53. The van der Waals surface area contributed by atoms with Crippen LogP contribution in [0.15, 0.2) is 0 Å². The molecule has 1 aliphatic carbocycles. The lowest BCUT2D eigenvalue weighted by Gasteiger charge is -2.28. The van der Waals surface area contributed by atoms with Gasteiger partial charge in [0, 0.05) is 46.1 Å². The first-order valence-corrected chi connectivity index (χ1v) is 28.8. The summed E-state index contributed by atoms with van der Waals surface area (Å²) in [5.74, 6) is -3.94. The minimum Gasteiger partial charge on any atom is -0.481 e. The Morgan fingerprint density at radius 1 is 0.559 bits per heavy atom. The number of carboxylic acid groups (broad SMARTS) is 3. The number of carboxylic acids is 3. The van der Waals surface area contributed by atoms with Crippen molar-refractivity contribution in [3.63, 3.8) is 0 Å². The third-order valence-corrected chi connectivity index (χ3v) is 25.4. The number of rotatable bonds is 35. The molecule has 5 N–H and O–H groups in total. The van der Waals surface area contributed by atoms with Crippen molar-refractivity contribution in [3.05, 3.63) is 0 Å². The van der Waals surface area contributed by atoms with Crippen LogP contribution in [0.2, 0.25) is 0 Å². The van der Waals surface area contributed by atoms with Gasteiger partial charge in [0.25, 0.3) is 0 Å². The predicted molar refractivity (Wildman–Crippen MR) is 251 cm³/mol. The van der Waals surface area contributed by atoms with E-state index < -0.39 is 29.7 Å². The van der Waals surface area contributed by atoms with Crippen LogP contribution < -0.4 is 10.6 Å². The molecule has 2 saturated heterocycles. The lowest BCUT2D eigenvalue weighted by Crippen LogP contribution is -2.33. The van der Waals surface area contributed by atoms with Crippen molar-refractivity contribution >= 4 is 100 Å². The summed E-state index contributed by atoms with van der Waals surface area (Å²) in [5, 5.41) is 34.1. The fourth-order valence-electron chi connectivity index (χ4n) is 7.75. The van der Waals surface area contributed by atoms with Crippen LogP contribution in [0.1, 0.15) is 181 Å². The maximum absolute atomic E-state index is 13.1. The monoisotopic (exact) mass is 940 g/mol. The fraction of sp³-hybridized carbons (Fsp3) is 0.857. The minimum absolute atomic E-state index is 0. The number of Topliss-reactive ketones (excluding diaryl/α,β-unsaturated/α-hetero) is 1. The summed E-state index contributed by atoms with van der Waals surface area (Å²) >= 11 is 0. The van der Waals surface area contributed by atoms with Crippen LogP contribution in [0, 0.1) is 23.7 Å². The summed E-state index contributed by atoms with van der Waals surface area (Å²) in [7, 11) is 10.4. The van der Waals surface area contributed by atoms with Gasteiger partial charge in [-0.1, -0.05) is 139 Å². The fourth-order valence-corrected chi connectivity index (χ4v) is 21.6. The molecule has 0 aromatic heterocycles. The van der Waals surface area contributed by atoms with Crippen molar-refractivity contribution in [2.24, 2.45) is 23.7 Å². The summed E-state index contributed by atoms with van der Waals surface area (Å²) < 4.78 is 0.116. The second-order valence-corrected chi connectivity index (χ2v) is 26.0. The van der Waals surface area contributed by atoms with Crippen molar-refractivity contribution in [1.82, 2.24) is 10.6 Å². The zero-order valence-electron chi connectivity index (χ0n) is 34.8. The van der Waals surface area contributed by atoms with E-state index in [0.717, 1.165) is 44.9 Å². The summed E-state index contributed by atoms with van der Waals surface area (Å²) in [6, 6.07) is 0. The van der Waals surface area contributed by atoms with E-state index in [0.29, 0.717) is 64.0 Å². The molecule has 17 heteroatoms. The molecule has 2 heterocycles. The van der Waals surface area contributed by atoms with Crippen molar-refractivity contribution in [1.29, 1.82) is 0 Å².